The number of methoxy groups -OCH3 is 1. The van der Waals surface area contributed by atoms with Crippen LogP contribution >= 0.6 is 0 Å². The van der Waals surface area contributed by atoms with Crippen LogP contribution in [0.3, 0.4) is 0 Å². The molecule has 190 valence electrons. The van der Waals surface area contributed by atoms with Crippen molar-refractivity contribution in [3.8, 4) is 0 Å². The number of carbonyl (C=O) groups excluding carboxylic acids is 2. The van der Waals surface area contributed by atoms with Gasteiger partial charge in [0.05, 0.1) is 22.8 Å². The van der Waals surface area contributed by atoms with Crippen molar-refractivity contribution in [2.24, 2.45) is 0 Å². The van der Waals surface area contributed by atoms with E-state index >= 15 is 0 Å². The zero-order chi connectivity index (χ0) is 26.3. The summed E-state index contributed by atoms with van der Waals surface area (Å²) in [5, 5.41) is 8.32. The fourth-order valence-corrected chi connectivity index (χ4v) is 3.26. The van der Waals surface area contributed by atoms with Crippen molar-refractivity contribution in [1.29, 1.82) is 0 Å². The summed E-state index contributed by atoms with van der Waals surface area (Å²) >= 11 is 0. The third-order valence-corrected chi connectivity index (χ3v) is 5.05. The topological polar surface area (TPSA) is 108 Å². The molecule has 1 saturated heterocycles. The molecule has 2 aromatic carbocycles. The van der Waals surface area contributed by atoms with Crippen molar-refractivity contribution in [3.05, 3.63) is 109 Å². The molecular formula is C28H30O8. The molecule has 1 N–H and O–H groups in total. The Labute approximate surface area is 210 Å². The largest absolute Gasteiger partial charge is 0.478 e. The number of ether oxygens (including phenoxy) is 4. The number of aliphatic carboxylic acids is 1. The van der Waals surface area contributed by atoms with E-state index in [1.807, 2.05) is 12.1 Å². The third-order valence-electron chi connectivity index (χ3n) is 5.05. The van der Waals surface area contributed by atoms with Crippen molar-refractivity contribution >= 4 is 17.9 Å². The molecule has 36 heavy (non-hydrogen) atoms. The van der Waals surface area contributed by atoms with Crippen molar-refractivity contribution in [3.63, 3.8) is 0 Å². The Bertz CT molecular complexity index is 1050. The van der Waals surface area contributed by atoms with Crippen LogP contribution in [0.4, 0.5) is 0 Å². The summed E-state index contributed by atoms with van der Waals surface area (Å²) < 4.78 is 22.0. The fourth-order valence-electron chi connectivity index (χ4n) is 3.26. The molecule has 1 fully saturated rings. The van der Waals surface area contributed by atoms with Gasteiger partial charge in [-0.2, -0.15) is 0 Å². The highest BCUT2D eigenvalue weighted by atomic mass is 16.7. The third kappa shape index (κ3) is 9.32. The molecule has 8 heteroatoms. The average molecular weight is 495 g/mol. The van der Waals surface area contributed by atoms with Crippen LogP contribution in [0.25, 0.3) is 0 Å². The Hall–Kier alpha value is -4.01. The molecule has 8 nitrogen and oxygen atoms in total. The van der Waals surface area contributed by atoms with E-state index in [0.29, 0.717) is 24.0 Å². The zero-order valence-corrected chi connectivity index (χ0v) is 20.1. The van der Waals surface area contributed by atoms with Crippen LogP contribution in [0.5, 0.6) is 0 Å². The van der Waals surface area contributed by atoms with E-state index in [4.69, 9.17) is 24.1 Å². The summed E-state index contributed by atoms with van der Waals surface area (Å²) in [6, 6.07) is 17.6. The van der Waals surface area contributed by atoms with Gasteiger partial charge in [-0.1, -0.05) is 61.7 Å². The predicted octanol–water partition coefficient (Wildman–Crippen LogP) is 4.59. The van der Waals surface area contributed by atoms with E-state index < -0.39 is 30.3 Å². The molecule has 0 amide bonds. The Kier molecular flexibility index (Phi) is 11.8. The Morgan fingerprint density at radius 2 is 1.56 bits per heavy atom. The second kappa shape index (κ2) is 15.1. The van der Waals surface area contributed by atoms with E-state index in [0.717, 1.165) is 0 Å². The van der Waals surface area contributed by atoms with Crippen molar-refractivity contribution in [2.45, 2.75) is 31.3 Å². The molecule has 0 spiro atoms. The molecule has 0 aromatic heterocycles. The second-order valence-electron chi connectivity index (χ2n) is 7.62. The maximum atomic E-state index is 12.3. The SMILES string of the molecule is C=C/C=C(\C=C)C(=O)O.COC1CC(OC(=O)c2ccccc2)CC(COC(=O)c2ccccc2)O1. The first-order chi connectivity index (χ1) is 17.4. The molecule has 2 aromatic rings. The molecular weight excluding hydrogens is 464 g/mol. The number of hydrogen-bond donors (Lipinski definition) is 1. The van der Waals surface area contributed by atoms with Crippen LogP contribution in [-0.4, -0.2) is 55.2 Å². The monoisotopic (exact) mass is 494 g/mol. The first-order valence-corrected chi connectivity index (χ1v) is 11.2. The number of allylic oxidation sites excluding steroid dienone is 2. The Morgan fingerprint density at radius 1 is 0.972 bits per heavy atom. The minimum Gasteiger partial charge on any atom is -0.478 e. The number of benzene rings is 2. The van der Waals surface area contributed by atoms with E-state index in [-0.39, 0.29) is 18.3 Å². The normalized spacial score (nSPS) is 19.1. The Morgan fingerprint density at radius 3 is 2.03 bits per heavy atom. The van der Waals surface area contributed by atoms with E-state index in [1.54, 1.807) is 48.5 Å². The molecule has 0 saturated carbocycles. The highest BCUT2D eigenvalue weighted by Gasteiger charge is 2.33. The number of carboxylic acid groups (broad SMARTS) is 1. The predicted molar refractivity (Wildman–Crippen MR) is 133 cm³/mol. The minimum atomic E-state index is -0.982. The van der Waals surface area contributed by atoms with Crippen molar-refractivity contribution in [2.75, 3.05) is 13.7 Å². The van der Waals surface area contributed by atoms with Gasteiger partial charge in [0.25, 0.3) is 0 Å². The molecule has 0 aliphatic carbocycles. The first kappa shape index (κ1) is 28.2. The summed E-state index contributed by atoms with van der Waals surface area (Å²) in [5.41, 5.74) is 1.12. The Balaban J connectivity index is 0.000000434. The van der Waals surface area contributed by atoms with Gasteiger partial charge in [0.2, 0.25) is 0 Å². The second-order valence-corrected chi connectivity index (χ2v) is 7.62. The van der Waals surface area contributed by atoms with Crippen molar-refractivity contribution in [1.82, 2.24) is 0 Å². The van der Waals surface area contributed by atoms with Gasteiger partial charge in [0.1, 0.15) is 12.7 Å². The van der Waals surface area contributed by atoms with E-state index in [9.17, 15) is 14.4 Å². The fraction of sp³-hybridized carbons (Fsp3) is 0.250. The lowest BCUT2D eigenvalue weighted by Crippen LogP contribution is -2.41. The number of carbonyl (C=O) groups is 3. The van der Waals surface area contributed by atoms with Crippen molar-refractivity contribution < 1.29 is 38.4 Å². The standard InChI is InChI=1S/C21H22O6.C7H8O2/c1-24-19-13-17(27-21(23)16-10-6-3-7-11-16)12-18(26-19)14-25-20(22)15-8-4-2-5-9-15;1-3-5-6(4-2)7(8)9/h2-11,17-19H,12-14H2,1H3;3-5H,1-2H2,(H,8,9)/b;6-5+. The summed E-state index contributed by atoms with van der Waals surface area (Å²) in [6.45, 7) is 6.71. The molecule has 0 bridgehead atoms. The molecule has 1 heterocycles. The van der Waals surface area contributed by atoms with Crippen LogP contribution in [0.15, 0.2) is 97.6 Å². The van der Waals surface area contributed by atoms with Crippen LogP contribution in [0, 0.1) is 0 Å². The van der Waals surface area contributed by atoms with Gasteiger partial charge in [0.15, 0.2) is 6.29 Å². The van der Waals surface area contributed by atoms with E-state index in [2.05, 4.69) is 13.2 Å². The van der Waals surface area contributed by atoms with Crippen LogP contribution in [-0.2, 0) is 23.7 Å². The smallest absolute Gasteiger partial charge is 0.338 e. The molecule has 1 aliphatic rings. The number of rotatable bonds is 9. The summed E-state index contributed by atoms with van der Waals surface area (Å²) in [7, 11) is 1.53. The summed E-state index contributed by atoms with van der Waals surface area (Å²) in [4.78, 5) is 34.5. The maximum absolute atomic E-state index is 12.3. The van der Waals surface area contributed by atoms with Gasteiger partial charge in [-0.3, -0.25) is 0 Å². The molecule has 1 aliphatic heterocycles. The summed E-state index contributed by atoms with van der Waals surface area (Å²) in [5.74, 6) is -1.79. The molecule has 0 radical (unpaired) electrons. The van der Waals surface area contributed by atoms with E-state index in [1.165, 1.54) is 25.3 Å². The van der Waals surface area contributed by atoms with Crippen LogP contribution in [0.1, 0.15) is 33.6 Å². The van der Waals surface area contributed by atoms with Gasteiger partial charge >= 0.3 is 17.9 Å². The lowest BCUT2D eigenvalue weighted by Gasteiger charge is -2.33. The maximum Gasteiger partial charge on any atom is 0.338 e. The van der Waals surface area contributed by atoms with Gasteiger partial charge < -0.3 is 24.1 Å². The van der Waals surface area contributed by atoms with Gasteiger partial charge in [0, 0.05) is 20.0 Å². The molecule has 3 atom stereocenters. The molecule has 3 unspecified atom stereocenters. The van der Waals surface area contributed by atoms with Crippen LogP contribution in [0.2, 0.25) is 0 Å². The van der Waals surface area contributed by atoms with Gasteiger partial charge in [-0.05, 0) is 30.3 Å². The number of carboxylic acids is 1. The zero-order valence-electron chi connectivity index (χ0n) is 20.1. The highest BCUT2D eigenvalue weighted by molar-refractivity contribution is 5.90. The summed E-state index contributed by atoms with van der Waals surface area (Å²) in [6.07, 6.45) is 3.61. The average Bonchev–Trinajstić information content (AvgIpc) is 2.91. The number of esters is 2. The van der Waals surface area contributed by atoms with Gasteiger partial charge in [-0.25, -0.2) is 14.4 Å². The van der Waals surface area contributed by atoms with Gasteiger partial charge in [-0.15, -0.1) is 0 Å². The minimum absolute atomic E-state index is 0.0625. The highest BCUT2D eigenvalue weighted by Crippen LogP contribution is 2.24. The lowest BCUT2D eigenvalue weighted by atomic mass is 10.1. The first-order valence-electron chi connectivity index (χ1n) is 11.2. The molecule has 3 rings (SSSR count). The number of hydrogen-bond acceptors (Lipinski definition) is 7. The quantitative estimate of drug-likeness (QED) is 0.306. The van der Waals surface area contributed by atoms with Crippen LogP contribution < -0.4 is 0 Å². The lowest BCUT2D eigenvalue weighted by molar-refractivity contribution is -0.210.